The smallest absolute Gasteiger partial charge is 0.336 e. The van der Waals surface area contributed by atoms with Crippen LogP contribution in [0.4, 0.5) is 0 Å². The molecule has 0 saturated heterocycles. The number of benzene rings is 2. The highest BCUT2D eigenvalue weighted by Crippen LogP contribution is 2.37. The fourth-order valence-corrected chi connectivity index (χ4v) is 5.00. The molecule has 4 rings (SSSR count). The molecule has 0 spiro atoms. The lowest BCUT2D eigenvalue weighted by Crippen LogP contribution is -2.38. The molecule has 0 N–H and O–H groups in total. The van der Waals surface area contributed by atoms with Crippen molar-refractivity contribution in [2.24, 2.45) is 0 Å². The largest absolute Gasteiger partial charge is 0.468 e. The molecule has 0 aliphatic carbocycles. The summed E-state index contributed by atoms with van der Waals surface area (Å²) < 4.78 is 10.6. The predicted octanol–water partition coefficient (Wildman–Crippen LogP) is 5.29. The summed E-state index contributed by atoms with van der Waals surface area (Å²) in [6.07, 6.45) is 3.89. The van der Waals surface area contributed by atoms with Gasteiger partial charge in [-0.15, -0.1) is 11.3 Å². The third-order valence-electron chi connectivity index (χ3n) is 5.28. The van der Waals surface area contributed by atoms with Crippen LogP contribution >= 0.6 is 22.9 Å². The summed E-state index contributed by atoms with van der Waals surface area (Å²) in [6, 6.07) is 18.2. The van der Waals surface area contributed by atoms with Crippen LogP contribution in [0.2, 0.25) is 5.02 Å². The van der Waals surface area contributed by atoms with Gasteiger partial charge in [-0.05, 0) is 41.3 Å². The van der Waals surface area contributed by atoms with Crippen molar-refractivity contribution >= 4 is 41.0 Å². The van der Waals surface area contributed by atoms with Gasteiger partial charge in [-0.2, -0.15) is 0 Å². The number of hydrogen-bond donors (Lipinski definition) is 0. The highest BCUT2D eigenvalue weighted by molar-refractivity contribution is 7.14. The van der Waals surface area contributed by atoms with E-state index in [1.807, 2.05) is 59.5 Å². The number of ether oxygens (including phenoxy) is 2. The minimum absolute atomic E-state index is 0.352. The Bertz CT molecular complexity index is 1140. The Balaban J connectivity index is 1.48. The van der Waals surface area contributed by atoms with Crippen molar-refractivity contribution < 1.29 is 19.1 Å². The number of halogens is 1. The molecule has 0 amide bonds. The summed E-state index contributed by atoms with van der Waals surface area (Å²) in [5.41, 5.74) is 2.69. The Morgan fingerprint density at radius 3 is 2.62 bits per heavy atom. The highest BCUT2D eigenvalue weighted by atomic mass is 35.5. The molecule has 1 aromatic heterocycles. The molecule has 0 radical (unpaired) electrons. The highest BCUT2D eigenvalue weighted by Gasteiger charge is 2.33. The third kappa shape index (κ3) is 5.10. The number of thiophene rings is 1. The van der Waals surface area contributed by atoms with E-state index in [1.54, 1.807) is 12.1 Å². The van der Waals surface area contributed by atoms with E-state index in [0.29, 0.717) is 23.2 Å². The first-order chi connectivity index (χ1) is 15.5. The van der Waals surface area contributed by atoms with Gasteiger partial charge in [0, 0.05) is 29.1 Å². The van der Waals surface area contributed by atoms with Crippen molar-refractivity contribution in [2.45, 2.75) is 19.0 Å². The number of carbonyl (C=O) groups excluding carboxylic acids is 2. The van der Waals surface area contributed by atoms with Crippen LogP contribution in [0.1, 0.15) is 27.6 Å². The van der Waals surface area contributed by atoms with E-state index in [4.69, 9.17) is 21.1 Å². The number of fused-ring (bicyclic) bond motifs is 1. The van der Waals surface area contributed by atoms with Crippen molar-refractivity contribution in [2.75, 3.05) is 13.7 Å². The molecule has 1 aliphatic heterocycles. The van der Waals surface area contributed by atoms with Crippen molar-refractivity contribution in [1.82, 2.24) is 4.90 Å². The summed E-state index contributed by atoms with van der Waals surface area (Å²) >= 11 is 7.84. The maximum atomic E-state index is 12.6. The second kappa shape index (κ2) is 10.1. The molecular formula is C25H22ClNO4S. The third-order valence-corrected chi connectivity index (χ3v) is 6.73. The zero-order chi connectivity index (χ0) is 22.5. The van der Waals surface area contributed by atoms with Gasteiger partial charge in [0.1, 0.15) is 6.04 Å². The zero-order valence-corrected chi connectivity index (χ0v) is 19.1. The molecule has 0 bridgehead atoms. The fraction of sp³-hybridized carbons (Fsp3) is 0.200. The molecule has 1 aliphatic rings. The number of methoxy groups -OCH3 is 1. The normalized spacial score (nSPS) is 14.7. The van der Waals surface area contributed by atoms with E-state index in [2.05, 4.69) is 0 Å². The Morgan fingerprint density at radius 1 is 1.12 bits per heavy atom. The molecule has 7 heteroatoms. The average Bonchev–Trinajstić information content (AvgIpc) is 3.21. The van der Waals surface area contributed by atoms with E-state index in [0.717, 1.165) is 28.0 Å². The van der Waals surface area contributed by atoms with Crippen LogP contribution in [-0.4, -0.2) is 30.5 Å². The number of carbonyl (C=O) groups is 2. The number of esters is 2. The van der Waals surface area contributed by atoms with Gasteiger partial charge in [0.05, 0.1) is 7.11 Å². The molecule has 32 heavy (non-hydrogen) atoms. The average molecular weight is 468 g/mol. The van der Waals surface area contributed by atoms with Crippen LogP contribution in [0, 0.1) is 0 Å². The monoisotopic (exact) mass is 467 g/mol. The van der Waals surface area contributed by atoms with Gasteiger partial charge in [-0.3, -0.25) is 4.90 Å². The minimum Gasteiger partial charge on any atom is -0.468 e. The van der Waals surface area contributed by atoms with Crippen LogP contribution in [0.25, 0.3) is 6.08 Å². The quantitative estimate of drug-likeness (QED) is 0.364. The van der Waals surface area contributed by atoms with E-state index >= 15 is 0 Å². The lowest BCUT2D eigenvalue weighted by molar-refractivity contribution is -0.147. The summed E-state index contributed by atoms with van der Waals surface area (Å²) in [6.45, 7) is 1.20. The fourth-order valence-electron chi connectivity index (χ4n) is 3.74. The van der Waals surface area contributed by atoms with Crippen LogP contribution in [0.3, 0.4) is 0 Å². The molecule has 0 saturated carbocycles. The summed E-state index contributed by atoms with van der Waals surface area (Å²) in [5.74, 6) is -0.776. The van der Waals surface area contributed by atoms with E-state index < -0.39 is 12.0 Å². The summed E-state index contributed by atoms with van der Waals surface area (Å²) in [4.78, 5) is 28.0. The topological polar surface area (TPSA) is 55.8 Å². The van der Waals surface area contributed by atoms with Gasteiger partial charge in [-0.1, -0.05) is 60.1 Å². The van der Waals surface area contributed by atoms with Crippen LogP contribution in [0.5, 0.6) is 5.06 Å². The van der Waals surface area contributed by atoms with Crippen LogP contribution < -0.4 is 4.74 Å². The SMILES string of the molecule is COC(=O)C(c1ccccc1Cl)N1CCc2sc(OC(=O)/C=C/c3ccccc3)cc2C1. The van der Waals surface area contributed by atoms with Gasteiger partial charge in [0.15, 0.2) is 5.06 Å². The lowest BCUT2D eigenvalue weighted by Gasteiger charge is -2.33. The van der Waals surface area contributed by atoms with Gasteiger partial charge in [0.25, 0.3) is 0 Å². The van der Waals surface area contributed by atoms with Gasteiger partial charge in [0.2, 0.25) is 0 Å². The number of rotatable bonds is 6. The summed E-state index contributed by atoms with van der Waals surface area (Å²) in [7, 11) is 1.38. The zero-order valence-electron chi connectivity index (χ0n) is 17.5. The molecule has 1 atom stereocenters. The first-order valence-corrected chi connectivity index (χ1v) is 11.4. The van der Waals surface area contributed by atoms with Gasteiger partial charge >= 0.3 is 11.9 Å². The van der Waals surface area contributed by atoms with Crippen molar-refractivity contribution in [3.8, 4) is 5.06 Å². The Hall–Kier alpha value is -2.93. The second-order valence-electron chi connectivity index (χ2n) is 7.35. The van der Waals surface area contributed by atoms with Crippen molar-refractivity contribution in [3.63, 3.8) is 0 Å². The van der Waals surface area contributed by atoms with E-state index in [1.165, 1.54) is 24.5 Å². The number of nitrogens with zero attached hydrogens (tertiary/aromatic N) is 1. The number of hydrogen-bond acceptors (Lipinski definition) is 6. The first-order valence-electron chi connectivity index (χ1n) is 10.2. The molecular weight excluding hydrogens is 446 g/mol. The Morgan fingerprint density at radius 2 is 1.88 bits per heavy atom. The van der Waals surface area contributed by atoms with Crippen molar-refractivity contribution in [1.29, 1.82) is 0 Å². The standard InChI is InChI=1S/C25H22ClNO4S/c1-30-25(29)24(19-9-5-6-10-20(19)26)27-14-13-21-18(16-27)15-23(32-21)31-22(28)12-11-17-7-3-2-4-8-17/h2-12,15,24H,13-14,16H2,1H3/b12-11+. The maximum absolute atomic E-state index is 12.6. The predicted molar refractivity (Wildman–Crippen MR) is 126 cm³/mol. The molecule has 2 aromatic carbocycles. The lowest BCUT2D eigenvalue weighted by atomic mass is 10.0. The molecule has 2 heterocycles. The molecule has 164 valence electrons. The van der Waals surface area contributed by atoms with Crippen molar-refractivity contribution in [3.05, 3.63) is 93.3 Å². The molecule has 5 nitrogen and oxygen atoms in total. The van der Waals surface area contributed by atoms with Gasteiger partial charge in [-0.25, -0.2) is 9.59 Å². The Labute approximate surface area is 195 Å². The van der Waals surface area contributed by atoms with Crippen LogP contribution in [-0.2, 0) is 27.3 Å². The molecule has 3 aromatic rings. The second-order valence-corrected chi connectivity index (χ2v) is 8.85. The van der Waals surface area contributed by atoms with E-state index in [9.17, 15) is 9.59 Å². The van der Waals surface area contributed by atoms with Crippen LogP contribution in [0.15, 0.2) is 66.7 Å². The Kier molecular flexibility index (Phi) is 7.05. The maximum Gasteiger partial charge on any atom is 0.336 e. The molecule has 0 fully saturated rings. The minimum atomic E-state index is -0.596. The van der Waals surface area contributed by atoms with Gasteiger partial charge < -0.3 is 9.47 Å². The summed E-state index contributed by atoms with van der Waals surface area (Å²) in [5, 5.41) is 1.07. The van der Waals surface area contributed by atoms with E-state index in [-0.39, 0.29) is 5.97 Å². The molecule has 1 unspecified atom stereocenters. The first kappa shape index (κ1) is 22.3.